The number of benzene rings is 1. The minimum absolute atomic E-state index is 0.0333. The zero-order chi connectivity index (χ0) is 13.3. The Morgan fingerprint density at radius 3 is 2.95 bits per heavy atom. The molecule has 0 aliphatic heterocycles. The van der Waals surface area contributed by atoms with Crippen LogP contribution in [0.5, 0.6) is 0 Å². The fourth-order valence-corrected chi connectivity index (χ4v) is 4.82. The SMILES string of the molecule is CNC1(CO)CCC(Sc2ccc3c(c2)CCC3)C1. The Labute approximate surface area is 120 Å². The number of fused-ring (bicyclic) bond motifs is 1. The van der Waals surface area contributed by atoms with Gasteiger partial charge in [0.15, 0.2) is 0 Å². The maximum absolute atomic E-state index is 9.56. The third kappa shape index (κ3) is 2.69. The number of likely N-dealkylation sites (N-methyl/N-ethyl adjacent to an activating group) is 1. The number of rotatable bonds is 4. The molecule has 1 fully saturated rings. The van der Waals surface area contributed by atoms with Crippen LogP contribution in [0.4, 0.5) is 0 Å². The molecule has 2 nitrogen and oxygen atoms in total. The van der Waals surface area contributed by atoms with Crippen molar-refractivity contribution in [1.29, 1.82) is 0 Å². The van der Waals surface area contributed by atoms with Gasteiger partial charge in [-0.2, -0.15) is 0 Å². The van der Waals surface area contributed by atoms with Gasteiger partial charge in [-0.05, 0) is 68.8 Å². The van der Waals surface area contributed by atoms with Crippen molar-refractivity contribution in [2.45, 2.75) is 54.2 Å². The second-order valence-corrected chi connectivity index (χ2v) is 7.33. The molecule has 3 heteroatoms. The highest BCUT2D eigenvalue weighted by atomic mass is 32.2. The molecule has 0 amide bonds. The first kappa shape index (κ1) is 13.5. The van der Waals surface area contributed by atoms with E-state index in [4.69, 9.17) is 0 Å². The van der Waals surface area contributed by atoms with Crippen LogP contribution in [0, 0.1) is 0 Å². The summed E-state index contributed by atoms with van der Waals surface area (Å²) in [4.78, 5) is 1.41. The Hall–Kier alpha value is -0.510. The largest absolute Gasteiger partial charge is 0.394 e. The van der Waals surface area contributed by atoms with Gasteiger partial charge in [0, 0.05) is 15.7 Å². The number of aliphatic hydroxyl groups excluding tert-OH is 1. The summed E-state index contributed by atoms with van der Waals surface area (Å²) >= 11 is 2.00. The van der Waals surface area contributed by atoms with Gasteiger partial charge in [-0.1, -0.05) is 6.07 Å². The van der Waals surface area contributed by atoms with Gasteiger partial charge in [-0.3, -0.25) is 0 Å². The molecule has 104 valence electrons. The molecule has 19 heavy (non-hydrogen) atoms. The van der Waals surface area contributed by atoms with Gasteiger partial charge in [0.25, 0.3) is 0 Å². The second kappa shape index (κ2) is 5.47. The molecule has 1 saturated carbocycles. The molecule has 2 atom stereocenters. The van der Waals surface area contributed by atoms with Gasteiger partial charge in [0.05, 0.1) is 6.61 Å². The van der Waals surface area contributed by atoms with Crippen LogP contribution in [-0.4, -0.2) is 29.5 Å². The maximum atomic E-state index is 9.56. The van der Waals surface area contributed by atoms with Crippen molar-refractivity contribution in [3.8, 4) is 0 Å². The number of hydrogen-bond acceptors (Lipinski definition) is 3. The molecule has 0 radical (unpaired) electrons. The lowest BCUT2D eigenvalue weighted by Crippen LogP contribution is -2.44. The van der Waals surface area contributed by atoms with Crippen molar-refractivity contribution < 1.29 is 5.11 Å². The molecule has 0 aromatic heterocycles. The van der Waals surface area contributed by atoms with Gasteiger partial charge < -0.3 is 10.4 Å². The van der Waals surface area contributed by atoms with Crippen molar-refractivity contribution in [2.24, 2.45) is 0 Å². The van der Waals surface area contributed by atoms with E-state index in [0.29, 0.717) is 5.25 Å². The molecule has 3 rings (SSSR count). The molecule has 2 aliphatic rings. The molecule has 0 heterocycles. The summed E-state index contributed by atoms with van der Waals surface area (Å²) in [6.07, 6.45) is 7.19. The van der Waals surface area contributed by atoms with Crippen LogP contribution >= 0.6 is 11.8 Å². The maximum Gasteiger partial charge on any atom is 0.0613 e. The summed E-state index contributed by atoms with van der Waals surface area (Å²) in [5.41, 5.74) is 3.08. The van der Waals surface area contributed by atoms with E-state index < -0.39 is 0 Å². The monoisotopic (exact) mass is 277 g/mol. The van der Waals surface area contributed by atoms with Crippen LogP contribution in [0.15, 0.2) is 23.1 Å². The lowest BCUT2D eigenvalue weighted by Gasteiger charge is -2.26. The molecule has 2 N–H and O–H groups in total. The van der Waals surface area contributed by atoms with Gasteiger partial charge in [-0.25, -0.2) is 0 Å². The number of aryl methyl sites for hydroxylation is 2. The number of aliphatic hydroxyl groups is 1. The molecule has 1 aromatic rings. The summed E-state index contributed by atoms with van der Waals surface area (Å²) in [6.45, 7) is 0.255. The molecule has 2 aliphatic carbocycles. The van der Waals surface area contributed by atoms with Crippen LogP contribution < -0.4 is 5.32 Å². The van der Waals surface area contributed by atoms with E-state index in [9.17, 15) is 5.11 Å². The van der Waals surface area contributed by atoms with Gasteiger partial charge in [0.2, 0.25) is 0 Å². The Morgan fingerprint density at radius 1 is 1.37 bits per heavy atom. The Morgan fingerprint density at radius 2 is 2.21 bits per heavy atom. The van der Waals surface area contributed by atoms with E-state index in [1.807, 2.05) is 18.8 Å². The minimum Gasteiger partial charge on any atom is -0.394 e. The van der Waals surface area contributed by atoms with Crippen molar-refractivity contribution in [1.82, 2.24) is 5.32 Å². The highest BCUT2D eigenvalue weighted by Crippen LogP contribution is 2.40. The van der Waals surface area contributed by atoms with Gasteiger partial charge in [-0.15, -0.1) is 11.8 Å². The third-order valence-corrected chi connectivity index (χ3v) is 6.03. The van der Waals surface area contributed by atoms with Crippen LogP contribution in [0.25, 0.3) is 0 Å². The predicted molar refractivity (Wildman–Crippen MR) is 80.8 cm³/mol. The summed E-state index contributed by atoms with van der Waals surface area (Å²) in [7, 11) is 1.97. The van der Waals surface area contributed by atoms with Crippen molar-refractivity contribution in [3.05, 3.63) is 29.3 Å². The number of hydrogen-bond donors (Lipinski definition) is 2. The topological polar surface area (TPSA) is 32.3 Å². The number of nitrogens with one attached hydrogen (secondary N) is 1. The zero-order valence-corrected chi connectivity index (χ0v) is 12.4. The summed E-state index contributed by atoms with van der Waals surface area (Å²) in [5.74, 6) is 0. The average molecular weight is 277 g/mol. The predicted octanol–water partition coefficient (Wildman–Crippen LogP) is 2.77. The van der Waals surface area contributed by atoms with E-state index in [0.717, 1.165) is 12.8 Å². The molecule has 0 bridgehead atoms. The normalized spacial score (nSPS) is 29.7. The quantitative estimate of drug-likeness (QED) is 0.887. The third-order valence-electron chi connectivity index (χ3n) is 4.77. The first-order chi connectivity index (χ1) is 9.24. The fourth-order valence-electron chi connectivity index (χ4n) is 3.44. The first-order valence-corrected chi connectivity index (χ1v) is 8.21. The Kier molecular flexibility index (Phi) is 3.88. The molecule has 2 unspecified atom stereocenters. The van der Waals surface area contributed by atoms with Crippen LogP contribution in [0.2, 0.25) is 0 Å². The lowest BCUT2D eigenvalue weighted by molar-refractivity contribution is 0.173. The zero-order valence-electron chi connectivity index (χ0n) is 11.6. The van der Waals surface area contributed by atoms with Crippen LogP contribution in [0.1, 0.15) is 36.8 Å². The van der Waals surface area contributed by atoms with E-state index >= 15 is 0 Å². The Bertz CT molecular complexity index is 456. The Balaban J connectivity index is 1.66. The lowest BCUT2D eigenvalue weighted by atomic mass is 10.00. The molecule has 1 aromatic carbocycles. The minimum atomic E-state index is -0.0333. The second-order valence-electron chi connectivity index (χ2n) is 5.96. The molecule has 0 saturated heterocycles. The molecular weight excluding hydrogens is 254 g/mol. The summed E-state index contributed by atoms with van der Waals surface area (Å²) in [5, 5.41) is 13.5. The van der Waals surface area contributed by atoms with E-state index in [2.05, 4.69) is 23.5 Å². The van der Waals surface area contributed by atoms with E-state index in [1.165, 1.54) is 30.6 Å². The van der Waals surface area contributed by atoms with Crippen molar-refractivity contribution >= 4 is 11.8 Å². The molecular formula is C16H23NOS. The van der Waals surface area contributed by atoms with E-state index in [1.54, 1.807) is 11.1 Å². The summed E-state index contributed by atoms with van der Waals surface area (Å²) < 4.78 is 0. The van der Waals surface area contributed by atoms with Crippen LogP contribution in [-0.2, 0) is 12.8 Å². The van der Waals surface area contributed by atoms with Crippen molar-refractivity contribution in [3.63, 3.8) is 0 Å². The van der Waals surface area contributed by atoms with E-state index in [-0.39, 0.29) is 12.1 Å². The average Bonchev–Trinajstić information content (AvgIpc) is 3.05. The standard InChI is InChI=1S/C16H23NOS/c1-17-16(11-18)8-7-15(10-16)19-14-6-5-12-3-2-4-13(12)9-14/h5-6,9,15,17-18H,2-4,7-8,10-11H2,1H3. The first-order valence-electron chi connectivity index (χ1n) is 7.33. The van der Waals surface area contributed by atoms with Crippen LogP contribution in [0.3, 0.4) is 0 Å². The summed E-state index contributed by atoms with van der Waals surface area (Å²) in [6, 6.07) is 7.00. The van der Waals surface area contributed by atoms with Crippen molar-refractivity contribution in [2.75, 3.05) is 13.7 Å². The number of thioether (sulfide) groups is 1. The molecule has 0 spiro atoms. The van der Waals surface area contributed by atoms with Gasteiger partial charge >= 0.3 is 0 Å². The highest BCUT2D eigenvalue weighted by Gasteiger charge is 2.37. The van der Waals surface area contributed by atoms with Gasteiger partial charge in [0.1, 0.15) is 0 Å². The highest BCUT2D eigenvalue weighted by molar-refractivity contribution is 8.00. The smallest absolute Gasteiger partial charge is 0.0613 e. The fraction of sp³-hybridized carbons (Fsp3) is 0.625.